The van der Waals surface area contributed by atoms with Crippen molar-refractivity contribution in [3.8, 4) is 0 Å². The Morgan fingerprint density at radius 3 is 2.38 bits per heavy atom. The van der Waals surface area contributed by atoms with Crippen molar-refractivity contribution in [2.75, 3.05) is 7.11 Å². The van der Waals surface area contributed by atoms with E-state index in [0.717, 1.165) is 44.9 Å². The number of rotatable bonds is 6. The predicted molar refractivity (Wildman–Crippen MR) is 109 cm³/mol. The maximum Gasteiger partial charge on any atom is 0.101 e. The van der Waals surface area contributed by atoms with Crippen molar-refractivity contribution >= 4 is 11.1 Å². The zero-order valence-electron chi connectivity index (χ0n) is 16.9. The molecule has 26 heavy (non-hydrogen) atoms. The Morgan fingerprint density at radius 2 is 1.92 bits per heavy atom. The Balaban J connectivity index is 2.59. The highest BCUT2D eigenvalue weighted by Gasteiger charge is 2.15. The van der Waals surface area contributed by atoms with Gasteiger partial charge in [0.05, 0.1) is 19.0 Å². The van der Waals surface area contributed by atoms with E-state index in [1.165, 1.54) is 0 Å². The van der Waals surface area contributed by atoms with E-state index < -0.39 is 0 Å². The van der Waals surface area contributed by atoms with Crippen molar-refractivity contribution in [3.63, 3.8) is 0 Å². The predicted octanol–water partition coefficient (Wildman–Crippen LogP) is 5.16. The zero-order valence-corrected chi connectivity index (χ0v) is 16.9. The summed E-state index contributed by atoms with van der Waals surface area (Å²) in [6.07, 6.45) is 8.05. The second-order valence-corrected chi connectivity index (χ2v) is 7.03. The molecule has 0 spiro atoms. The third-order valence-corrected chi connectivity index (χ3v) is 4.22. The Kier molecular flexibility index (Phi) is 6.19. The van der Waals surface area contributed by atoms with Crippen LogP contribution in [-0.2, 0) is 11.8 Å². The van der Waals surface area contributed by atoms with Crippen LogP contribution in [-0.4, -0.2) is 21.9 Å². The highest BCUT2D eigenvalue weighted by atomic mass is 16.5. The van der Waals surface area contributed by atoms with Gasteiger partial charge >= 0.3 is 0 Å². The van der Waals surface area contributed by atoms with E-state index in [1.54, 1.807) is 7.11 Å². The lowest BCUT2D eigenvalue weighted by Gasteiger charge is -2.15. The van der Waals surface area contributed by atoms with E-state index >= 15 is 0 Å². The molecule has 138 valence electrons. The highest BCUT2D eigenvalue weighted by Crippen LogP contribution is 2.30. The number of methoxy groups -OCH3 is 1. The molecule has 0 radical (unpaired) electrons. The van der Waals surface area contributed by atoms with Crippen LogP contribution in [0.1, 0.15) is 50.1 Å². The number of hydrogen-bond donors (Lipinski definition) is 0. The molecule has 0 aromatic carbocycles. The largest absolute Gasteiger partial charge is 0.501 e. The first-order valence-electron chi connectivity index (χ1n) is 8.83. The van der Waals surface area contributed by atoms with Gasteiger partial charge in [-0.1, -0.05) is 26.5 Å². The first-order valence-corrected chi connectivity index (χ1v) is 8.83. The van der Waals surface area contributed by atoms with E-state index in [1.807, 2.05) is 44.2 Å². The van der Waals surface area contributed by atoms with E-state index in [-0.39, 0.29) is 0 Å². The third-order valence-electron chi connectivity index (χ3n) is 4.22. The van der Waals surface area contributed by atoms with E-state index in [0.29, 0.717) is 5.92 Å². The van der Waals surface area contributed by atoms with Gasteiger partial charge in [0, 0.05) is 41.7 Å². The minimum absolute atomic E-state index is 0.410. The normalized spacial score (nSPS) is 13.0. The van der Waals surface area contributed by atoms with Crippen molar-refractivity contribution in [2.24, 2.45) is 13.0 Å². The second kappa shape index (κ2) is 8.17. The van der Waals surface area contributed by atoms with Crippen LogP contribution >= 0.6 is 0 Å². The van der Waals surface area contributed by atoms with Gasteiger partial charge in [-0.15, -0.1) is 0 Å². The van der Waals surface area contributed by atoms with Crippen LogP contribution in [0.2, 0.25) is 0 Å². The SMILES string of the molecule is C=C(C)/C(=C(/C)OC)c1cnc(/C(=C\C(C)C)c2cnn(C)c2)c(C)c1. The summed E-state index contributed by atoms with van der Waals surface area (Å²) in [5.74, 6) is 1.25. The fraction of sp³-hybridized carbons (Fsp3) is 0.364. The number of ether oxygens (including phenoxy) is 1. The molecule has 0 unspecified atom stereocenters. The Hall–Kier alpha value is -2.62. The van der Waals surface area contributed by atoms with Crippen molar-refractivity contribution < 1.29 is 4.74 Å². The summed E-state index contributed by atoms with van der Waals surface area (Å²) in [5.41, 5.74) is 7.27. The average Bonchev–Trinajstić information content (AvgIpc) is 2.99. The smallest absolute Gasteiger partial charge is 0.101 e. The molecule has 0 saturated heterocycles. The fourth-order valence-corrected chi connectivity index (χ4v) is 3.05. The molecule has 0 aliphatic heterocycles. The summed E-state index contributed by atoms with van der Waals surface area (Å²) in [7, 11) is 3.61. The lowest BCUT2D eigenvalue weighted by molar-refractivity contribution is 0.296. The molecule has 0 atom stereocenters. The quantitative estimate of drug-likeness (QED) is 0.533. The van der Waals surface area contributed by atoms with Crippen molar-refractivity contribution in [2.45, 2.75) is 34.6 Å². The Bertz CT molecular complexity index is 869. The third kappa shape index (κ3) is 4.31. The molecule has 0 bridgehead atoms. The van der Waals surface area contributed by atoms with Crippen LogP contribution in [0, 0.1) is 12.8 Å². The van der Waals surface area contributed by atoms with Crippen LogP contribution in [0.15, 0.2) is 48.6 Å². The summed E-state index contributed by atoms with van der Waals surface area (Å²) in [5, 5.41) is 4.32. The van der Waals surface area contributed by atoms with Gasteiger partial charge in [0.15, 0.2) is 0 Å². The summed E-state index contributed by atoms with van der Waals surface area (Å²) >= 11 is 0. The monoisotopic (exact) mass is 351 g/mol. The molecule has 2 rings (SSSR count). The standard InChI is InChI=1S/C22H29N3O/c1-14(2)9-20(19-12-24-25(7)13-19)22-16(5)10-18(11-23-22)21(15(3)4)17(6)26-8/h9-14H,3H2,1-2,4-8H3/b20-9-,21-17+. The van der Waals surface area contributed by atoms with E-state index in [9.17, 15) is 0 Å². The molecule has 0 aliphatic rings. The van der Waals surface area contributed by atoms with E-state index in [2.05, 4.69) is 44.6 Å². The number of allylic oxidation sites excluding steroid dienone is 4. The number of nitrogens with zero attached hydrogens (tertiary/aromatic N) is 3. The molecule has 2 aromatic rings. The zero-order chi connectivity index (χ0) is 19.4. The van der Waals surface area contributed by atoms with Gasteiger partial charge in [-0.2, -0.15) is 5.10 Å². The lowest BCUT2D eigenvalue weighted by Crippen LogP contribution is -2.00. The Labute approximate surface area is 156 Å². The molecule has 0 N–H and O–H groups in total. The molecule has 0 aliphatic carbocycles. The topological polar surface area (TPSA) is 39.9 Å². The molecule has 2 heterocycles. The number of hydrogen-bond acceptors (Lipinski definition) is 3. The number of aryl methyl sites for hydroxylation is 2. The average molecular weight is 351 g/mol. The minimum atomic E-state index is 0.410. The molecule has 4 nitrogen and oxygen atoms in total. The van der Waals surface area contributed by atoms with Crippen molar-refractivity contribution in [3.05, 3.63) is 71.0 Å². The van der Waals surface area contributed by atoms with Gasteiger partial charge in [-0.25, -0.2) is 0 Å². The summed E-state index contributed by atoms with van der Waals surface area (Å²) in [6.45, 7) is 14.5. The molecule has 0 fully saturated rings. The first kappa shape index (κ1) is 19.7. The van der Waals surface area contributed by atoms with Gasteiger partial charge in [0.1, 0.15) is 5.76 Å². The first-order chi connectivity index (χ1) is 12.2. The van der Waals surface area contributed by atoms with Crippen LogP contribution in [0.4, 0.5) is 0 Å². The number of pyridine rings is 1. The van der Waals surface area contributed by atoms with Crippen molar-refractivity contribution in [1.82, 2.24) is 14.8 Å². The van der Waals surface area contributed by atoms with Gasteiger partial charge in [-0.05, 0) is 43.9 Å². The maximum atomic E-state index is 5.44. The summed E-state index contributed by atoms with van der Waals surface area (Å²) in [6, 6.07) is 2.15. The lowest BCUT2D eigenvalue weighted by atomic mass is 9.94. The molecule has 0 saturated carbocycles. The van der Waals surface area contributed by atoms with Gasteiger partial charge in [0.2, 0.25) is 0 Å². The summed E-state index contributed by atoms with van der Waals surface area (Å²) < 4.78 is 7.26. The molecule has 4 heteroatoms. The molecule has 2 aromatic heterocycles. The molecular weight excluding hydrogens is 322 g/mol. The van der Waals surface area contributed by atoms with Crippen LogP contribution < -0.4 is 0 Å². The van der Waals surface area contributed by atoms with Crippen molar-refractivity contribution in [1.29, 1.82) is 0 Å². The van der Waals surface area contributed by atoms with E-state index in [4.69, 9.17) is 9.72 Å². The number of aromatic nitrogens is 3. The van der Waals surface area contributed by atoms with Crippen LogP contribution in [0.5, 0.6) is 0 Å². The van der Waals surface area contributed by atoms with Gasteiger partial charge in [-0.3, -0.25) is 9.67 Å². The fourth-order valence-electron chi connectivity index (χ4n) is 3.05. The maximum absolute atomic E-state index is 5.44. The highest BCUT2D eigenvalue weighted by molar-refractivity contribution is 5.82. The van der Waals surface area contributed by atoms with Crippen LogP contribution in [0.3, 0.4) is 0 Å². The molecular formula is C22H29N3O. The molecule has 0 amide bonds. The minimum Gasteiger partial charge on any atom is -0.501 e. The van der Waals surface area contributed by atoms with Gasteiger partial charge in [0.25, 0.3) is 0 Å². The summed E-state index contributed by atoms with van der Waals surface area (Å²) in [4.78, 5) is 4.80. The van der Waals surface area contributed by atoms with Gasteiger partial charge < -0.3 is 4.74 Å². The van der Waals surface area contributed by atoms with Crippen LogP contribution in [0.25, 0.3) is 11.1 Å². The second-order valence-electron chi connectivity index (χ2n) is 7.03. The Morgan fingerprint density at radius 1 is 1.23 bits per heavy atom.